The molecule has 1 saturated carbocycles. The number of piperidine rings is 1. The second kappa shape index (κ2) is 5.90. The van der Waals surface area contributed by atoms with Crippen LogP contribution >= 0.6 is 0 Å². The average Bonchev–Trinajstić information content (AvgIpc) is 2.35. The van der Waals surface area contributed by atoms with Crippen molar-refractivity contribution in [3.8, 4) is 0 Å². The van der Waals surface area contributed by atoms with Crippen LogP contribution < -0.4 is 5.73 Å². The van der Waals surface area contributed by atoms with Gasteiger partial charge in [-0.05, 0) is 44.4 Å². The van der Waals surface area contributed by atoms with Crippen LogP contribution in [0.25, 0.3) is 0 Å². The highest BCUT2D eigenvalue weighted by Crippen LogP contribution is 2.33. The Balaban J connectivity index is 1.70. The van der Waals surface area contributed by atoms with Crippen molar-refractivity contribution in [1.29, 1.82) is 0 Å². The molecule has 1 heterocycles. The van der Waals surface area contributed by atoms with Gasteiger partial charge in [0.1, 0.15) is 0 Å². The van der Waals surface area contributed by atoms with Gasteiger partial charge in [-0.2, -0.15) is 0 Å². The summed E-state index contributed by atoms with van der Waals surface area (Å²) in [5.41, 5.74) is 5.87. The highest BCUT2D eigenvalue weighted by Gasteiger charge is 2.36. The molecule has 5 nitrogen and oxygen atoms in total. The quantitative estimate of drug-likeness (QED) is 0.788. The maximum absolute atomic E-state index is 12.1. The number of hydrogen-bond acceptors (Lipinski definition) is 3. The van der Waals surface area contributed by atoms with Crippen LogP contribution in [0.5, 0.6) is 0 Å². The molecule has 1 amide bonds. The Bertz CT molecular complexity index is 345. The molecular formula is C14H24N2O3. The van der Waals surface area contributed by atoms with E-state index < -0.39 is 5.97 Å². The summed E-state index contributed by atoms with van der Waals surface area (Å²) >= 11 is 0. The van der Waals surface area contributed by atoms with Gasteiger partial charge in [0.15, 0.2) is 0 Å². The van der Waals surface area contributed by atoms with Gasteiger partial charge in [-0.1, -0.05) is 0 Å². The number of carbonyl (C=O) groups excluding carboxylic acids is 1. The van der Waals surface area contributed by atoms with Crippen molar-refractivity contribution < 1.29 is 14.7 Å². The molecule has 1 aliphatic heterocycles. The van der Waals surface area contributed by atoms with Crippen LogP contribution in [-0.4, -0.2) is 40.5 Å². The first-order chi connectivity index (χ1) is 8.98. The molecule has 2 aliphatic rings. The number of carboxylic acids is 1. The minimum atomic E-state index is -0.728. The van der Waals surface area contributed by atoms with Gasteiger partial charge in [0.25, 0.3) is 0 Å². The van der Waals surface area contributed by atoms with Gasteiger partial charge in [0.05, 0.1) is 0 Å². The molecule has 0 radical (unpaired) electrons. The molecule has 0 unspecified atom stereocenters. The monoisotopic (exact) mass is 268 g/mol. The first-order valence-corrected chi connectivity index (χ1v) is 7.27. The number of amides is 1. The van der Waals surface area contributed by atoms with E-state index in [-0.39, 0.29) is 17.9 Å². The van der Waals surface area contributed by atoms with Gasteiger partial charge >= 0.3 is 5.97 Å². The Kier molecular flexibility index (Phi) is 4.45. The normalized spacial score (nSPS) is 22.9. The van der Waals surface area contributed by atoms with Crippen LogP contribution in [0, 0.1) is 5.92 Å². The Hall–Kier alpha value is -1.10. The number of nitrogens with zero attached hydrogens (tertiary/aromatic N) is 1. The highest BCUT2D eigenvalue weighted by molar-refractivity contribution is 5.77. The zero-order valence-corrected chi connectivity index (χ0v) is 11.4. The molecule has 1 saturated heterocycles. The number of likely N-dealkylation sites (tertiary alicyclic amines) is 1. The summed E-state index contributed by atoms with van der Waals surface area (Å²) in [6, 6.07) is 0. The molecule has 0 atom stereocenters. The van der Waals surface area contributed by atoms with Crippen molar-refractivity contribution in [3.05, 3.63) is 0 Å². The average molecular weight is 268 g/mol. The Morgan fingerprint density at radius 2 is 1.89 bits per heavy atom. The minimum Gasteiger partial charge on any atom is -0.481 e. The molecule has 1 aliphatic carbocycles. The predicted octanol–water partition coefficient (Wildman–Crippen LogP) is 1.36. The molecule has 108 valence electrons. The van der Waals surface area contributed by atoms with Gasteiger partial charge in [0.2, 0.25) is 5.91 Å². The number of aliphatic carboxylic acids is 1. The van der Waals surface area contributed by atoms with Crippen LogP contribution in [-0.2, 0) is 9.59 Å². The topological polar surface area (TPSA) is 83.6 Å². The third-order valence-corrected chi connectivity index (χ3v) is 4.59. The van der Waals surface area contributed by atoms with Gasteiger partial charge in [0, 0.05) is 31.5 Å². The van der Waals surface area contributed by atoms with Crippen molar-refractivity contribution in [1.82, 2.24) is 4.90 Å². The van der Waals surface area contributed by atoms with Crippen molar-refractivity contribution >= 4 is 11.9 Å². The molecule has 5 heteroatoms. The van der Waals surface area contributed by atoms with Crippen molar-refractivity contribution in [2.75, 3.05) is 13.1 Å². The fraction of sp³-hybridized carbons (Fsp3) is 0.857. The van der Waals surface area contributed by atoms with E-state index in [2.05, 4.69) is 0 Å². The SMILES string of the molecule is NC1(CC(=O)N2CCC(CCC(=O)O)CC2)CCC1. The summed E-state index contributed by atoms with van der Waals surface area (Å²) in [7, 11) is 0. The molecule has 0 aromatic carbocycles. The summed E-state index contributed by atoms with van der Waals surface area (Å²) in [5, 5.41) is 8.67. The molecule has 0 aromatic heterocycles. The lowest BCUT2D eigenvalue weighted by molar-refractivity contribution is -0.138. The van der Waals surface area contributed by atoms with Gasteiger partial charge in [-0.15, -0.1) is 0 Å². The van der Waals surface area contributed by atoms with Gasteiger partial charge in [-0.25, -0.2) is 0 Å². The summed E-state index contributed by atoms with van der Waals surface area (Å²) in [4.78, 5) is 24.6. The highest BCUT2D eigenvalue weighted by atomic mass is 16.4. The number of carboxylic acid groups (broad SMARTS) is 1. The fourth-order valence-electron chi connectivity index (χ4n) is 3.02. The maximum atomic E-state index is 12.1. The largest absolute Gasteiger partial charge is 0.481 e. The zero-order chi connectivity index (χ0) is 13.9. The van der Waals surface area contributed by atoms with Crippen LogP contribution in [0.3, 0.4) is 0 Å². The van der Waals surface area contributed by atoms with Crippen LogP contribution in [0.1, 0.15) is 51.4 Å². The second-order valence-electron chi connectivity index (χ2n) is 6.15. The van der Waals surface area contributed by atoms with E-state index in [1.807, 2.05) is 4.90 Å². The van der Waals surface area contributed by atoms with Gasteiger partial charge in [-0.3, -0.25) is 9.59 Å². The zero-order valence-electron chi connectivity index (χ0n) is 11.4. The molecule has 2 rings (SSSR count). The van der Waals surface area contributed by atoms with E-state index in [0.717, 1.165) is 51.6 Å². The van der Waals surface area contributed by atoms with Crippen LogP contribution in [0.4, 0.5) is 0 Å². The standard InChI is InChI=1S/C14H24N2O3/c15-14(6-1-7-14)10-12(17)16-8-4-11(5-9-16)2-3-13(18)19/h11H,1-10,15H2,(H,18,19). The molecule has 0 aromatic rings. The smallest absolute Gasteiger partial charge is 0.303 e. The molecule has 19 heavy (non-hydrogen) atoms. The summed E-state index contributed by atoms with van der Waals surface area (Å²) in [6.45, 7) is 1.53. The van der Waals surface area contributed by atoms with Crippen molar-refractivity contribution in [2.24, 2.45) is 11.7 Å². The molecule has 2 fully saturated rings. The number of nitrogens with two attached hydrogens (primary N) is 1. The van der Waals surface area contributed by atoms with E-state index in [4.69, 9.17) is 10.8 Å². The maximum Gasteiger partial charge on any atom is 0.303 e. The first-order valence-electron chi connectivity index (χ1n) is 7.27. The van der Waals surface area contributed by atoms with Crippen LogP contribution in [0.15, 0.2) is 0 Å². The summed E-state index contributed by atoms with van der Waals surface area (Å²) in [6.07, 6.45) is 6.38. The molecular weight excluding hydrogens is 244 g/mol. The number of carbonyl (C=O) groups is 2. The van der Waals surface area contributed by atoms with E-state index in [0.29, 0.717) is 12.3 Å². The second-order valence-corrected chi connectivity index (χ2v) is 6.15. The first kappa shape index (κ1) is 14.3. The van der Waals surface area contributed by atoms with E-state index in [9.17, 15) is 9.59 Å². The van der Waals surface area contributed by atoms with Crippen molar-refractivity contribution in [2.45, 2.75) is 56.9 Å². The summed E-state index contributed by atoms with van der Waals surface area (Å²) < 4.78 is 0. The number of rotatable bonds is 5. The van der Waals surface area contributed by atoms with Gasteiger partial charge < -0.3 is 15.7 Å². The van der Waals surface area contributed by atoms with E-state index >= 15 is 0 Å². The lowest BCUT2D eigenvalue weighted by Crippen LogP contribution is -2.51. The Morgan fingerprint density at radius 1 is 1.26 bits per heavy atom. The molecule has 0 spiro atoms. The Labute approximate surface area is 114 Å². The minimum absolute atomic E-state index is 0.180. The predicted molar refractivity (Wildman–Crippen MR) is 71.6 cm³/mol. The van der Waals surface area contributed by atoms with E-state index in [1.165, 1.54) is 0 Å². The van der Waals surface area contributed by atoms with Crippen molar-refractivity contribution in [3.63, 3.8) is 0 Å². The third-order valence-electron chi connectivity index (χ3n) is 4.59. The third kappa shape index (κ3) is 3.93. The van der Waals surface area contributed by atoms with Crippen LogP contribution in [0.2, 0.25) is 0 Å². The van der Waals surface area contributed by atoms with E-state index in [1.54, 1.807) is 0 Å². The molecule has 3 N–H and O–H groups in total. The molecule has 0 bridgehead atoms. The Morgan fingerprint density at radius 3 is 2.37 bits per heavy atom. The summed E-state index contributed by atoms with van der Waals surface area (Å²) in [5.74, 6) is -0.0943. The lowest BCUT2D eigenvalue weighted by Gasteiger charge is -2.40. The lowest BCUT2D eigenvalue weighted by atomic mass is 9.75. The number of hydrogen-bond donors (Lipinski definition) is 2. The fourth-order valence-corrected chi connectivity index (χ4v) is 3.02.